The molecule has 0 aromatic carbocycles. The molecular weight excluding hydrogens is 248 g/mol. The number of hydrogen-bond donors (Lipinski definition) is 0. The molecule has 0 saturated carbocycles. The first-order valence-electron chi connectivity index (χ1n) is 4.24. The molecule has 0 aliphatic heterocycles. The largest absolute Gasteiger partial charge is 0.399 e. The van der Waals surface area contributed by atoms with Gasteiger partial charge in [-0.1, -0.05) is 0 Å². The summed E-state index contributed by atoms with van der Waals surface area (Å²) in [4.78, 5) is 0. The zero-order chi connectivity index (χ0) is 11.9. The minimum absolute atomic E-state index is 0.0452. The van der Waals surface area contributed by atoms with Gasteiger partial charge in [0.1, 0.15) is 0 Å². The highest BCUT2D eigenvalue weighted by Gasteiger charge is 2.12. The third-order valence-electron chi connectivity index (χ3n) is 1.19. The van der Waals surface area contributed by atoms with Crippen molar-refractivity contribution in [1.29, 1.82) is 0 Å². The van der Waals surface area contributed by atoms with Gasteiger partial charge in [-0.05, 0) is 13.8 Å². The molecule has 0 aromatic heterocycles. The van der Waals surface area contributed by atoms with Gasteiger partial charge in [-0.15, -0.1) is 0 Å². The monoisotopic (exact) mass is 262 g/mol. The van der Waals surface area contributed by atoms with Gasteiger partial charge in [0.25, 0.3) is 10.1 Å². The Labute approximate surface area is 89.8 Å². The Balaban J connectivity index is 3.82. The van der Waals surface area contributed by atoms with Crippen molar-refractivity contribution in [3.05, 3.63) is 0 Å². The van der Waals surface area contributed by atoms with Crippen molar-refractivity contribution in [3.63, 3.8) is 0 Å². The molecule has 0 radical (unpaired) electrons. The summed E-state index contributed by atoms with van der Waals surface area (Å²) in [6, 6.07) is 0. The van der Waals surface area contributed by atoms with Crippen molar-refractivity contribution in [2.75, 3.05) is 25.6 Å². The molecule has 0 saturated heterocycles. The normalized spacial score (nSPS) is 12.9. The molecule has 0 bridgehead atoms. The summed E-state index contributed by atoms with van der Waals surface area (Å²) in [5.74, 6) is -0.175. The Morgan fingerprint density at radius 1 is 0.867 bits per heavy atom. The first-order valence-corrected chi connectivity index (χ1v) is 7.15. The Morgan fingerprint density at radius 3 is 1.87 bits per heavy atom. The second-order valence-corrected chi connectivity index (χ2v) is 5.52. The fourth-order valence-electron chi connectivity index (χ4n) is 0.559. The van der Waals surface area contributed by atoms with E-state index in [-0.39, 0.29) is 19.0 Å². The molecule has 0 N–H and O–H groups in total. The van der Waals surface area contributed by atoms with Gasteiger partial charge in [-0.3, -0.25) is 4.18 Å². The quantitative estimate of drug-likeness (QED) is 0.435. The first-order chi connectivity index (χ1) is 6.83. The molecule has 0 aliphatic carbocycles. The van der Waals surface area contributed by atoms with Crippen LogP contribution in [0.5, 0.6) is 0 Å². The van der Waals surface area contributed by atoms with E-state index in [4.69, 9.17) is 0 Å². The van der Waals surface area contributed by atoms with E-state index in [0.29, 0.717) is 0 Å². The SMILES string of the molecule is CCOS(=O)(=O)OCCOS(=O)(=O)CC. The van der Waals surface area contributed by atoms with Gasteiger partial charge in [-0.2, -0.15) is 16.8 Å². The van der Waals surface area contributed by atoms with E-state index >= 15 is 0 Å². The highest BCUT2D eigenvalue weighted by molar-refractivity contribution is 7.86. The van der Waals surface area contributed by atoms with Gasteiger partial charge < -0.3 is 0 Å². The topological polar surface area (TPSA) is 96.0 Å². The highest BCUT2D eigenvalue weighted by atomic mass is 32.3. The van der Waals surface area contributed by atoms with Gasteiger partial charge in [0.15, 0.2) is 0 Å². The maximum atomic E-state index is 10.8. The lowest BCUT2D eigenvalue weighted by atomic mass is 10.8. The van der Waals surface area contributed by atoms with Crippen LogP contribution < -0.4 is 0 Å². The van der Waals surface area contributed by atoms with Crippen LogP contribution >= 0.6 is 0 Å². The average molecular weight is 262 g/mol. The molecule has 0 heterocycles. The standard InChI is InChI=1S/C6H14O7S2/c1-3-11-15(9,10)13-6-5-12-14(7,8)4-2/h3-6H2,1-2H3. The summed E-state index contributed by atoms with van der Waals surface area (Å²) < 4.78 is 56.0. The molecule has 0 fully saturated rings. The Hall–Kier alpha value is -0.220. The summed E-state index contributed by atoms with van der Waals surface area (Å²) in [6.07, 6.45) is 0. The van der Waals surface area contributed by atoms with Gasteiger partial charge >= 0.3 is 10.4 Å². The molecule has 0 rings (SSSR count). The smallest absolute Gasteiger partial charge is 0.268 e. The minimum atomic E-state index is -4.03. The van der Waals surface area contributed by atoms with E-state index in [2.05, 4.69) is 12.5 Å². The van der Waals surface area contributed by atoms with Crippen molar-refractivity contribution in [3.8, 4) is 0 Å². The van der Waals surface area contributed by atoms with Crippen molar-refractivity contribution in [1.82, 2.24) is 0 Å². The molecule has 92 valence electrons. The highest BCUT2D eigenvalue weighted by Crippen LogP contribution is 1.97. The summed E-state index contributed by atoms with van der Waals surface area (Å²) in [7, 11) is -7.60. The molecule has 0 unspecified atom stereocenters. The maximum Gasteiger partial charge on any atom is 0.399 e. The average Bonchev–Trinajstić information content (AvgIpc) is 2.13. The van der Waals surface area contributed by atoms with Crippen LogP contribution in [0, 0.1) is 0 Å². The maximum absolute atomic E-state index is 10.8. The van der Waals surface area contributed by atoms with Crippen LogP contribution in [0.1, 0.15) is 13.8 Å². The predicted molar refractivity (Wildman–Crippen MR) is 51.9 cm³/mol. The molecular formula is C6H14O7S2. The van der Waals surface area contributed by atoms with Crippen LogP contribution in [-0.4, -0.2) is 42.4 Å². The van der Waals surface area contributed by atoms with E-state index in [1.165, 1.54) is 13.8 Å². The molecule has 0 aromatic rings. The van der Waals surface area contributed by atoms with E-state index in [1.54, 1.807) is 0 Å². The molecule has 0 spiro atoms. The minimum Gasteiger partial charge on any atom is -0.268 e. The van der Waals surface area contributed by atoms with Gasteiger partial charge in [-0.25, -0.2) is 8.37 Å². The molecule has 0 amide bonds. The van der Waals surface area contributed by atoms with E-state index in [1.807, 2.05) is 0 Å². The lowest BCUT2D eigenvalue weighted by Gasteiger charge is -2.04. The predicted octanol–water partition coefficient (Wildman–Crippen LogP) is -0.349. The fraction of sp³-hybridized carbons (Fsp3) is 1.00. The molecule has 7 nitrogen and oxygen atoms in total. The van der Waals surface area contributed by atoms with Crippen molar-refractivity contribution < 1.29 is 29.4 Å². The van der Waals surface area contributed by atoms with Crippen LogP contribution in [0.15, 0.2) is 0 Å². The van der Waals surface area contributed by atoms with Crippen LogP contribution in [0.2, 0.25) is 0 Å². The molecule has 0 atom stereocenters. The zero-order valence-corrected chi connectivity index (χ0v) is 10.1. The van der Waals surface area contributed by atoms with Crippen molar-refractivity contribution >= 4 is 20.5 Å². The van der Waals surface area contributed by atoms with E-state index in [0.717, 1.165) is 0 Å². The Bertz CT molecular complexity index is 355. The number of hydrogen-bond acceptors (Lipinski definition) is 7. The van der Waals surface area contributed by atoms with Crippen molar-refractivity contribution in [2.24, 2.45) is 0 Å². The third-order valence-corrected chi connectivity index (χ3v) is 3.40. The third kappa shape index (κ3) is 7.68. The Kier molecular flexibility index (Phi) is 6.29. The summed E-state index contributed by atoms with van der Waals surface area (Å²) in [5, 5.41) is 0. The van der Waals surface area contributed by atoms with Gasteiger partial charge in [0.2, 0.25) is 0 Å². The van der Waals surface area contributed by atoms with E-state index in [9.17, 15) is 16.8 Å². The first kappa shape index (κ1) is 14.8. The van der Waals surface area contributed by atoms with Crippen molar-refractivity contribution in [2.45, 2.75) is 13.8 Å². The van der Waals surface area contributed by atoms with Crippen LogP contribution in [0.25, 0.3) is 0 Å². The fourth-order valence-corrected chi connectivity index (χ4v) is 1.68. The van der Waals surface area contributed by atoms with Gasteiger partial charge in [0.05, 0.1) is 25.6 Å². The molecule has 0 aliphatic rings. The van der Waals surface area contributed by atoms with Gasteiger partial charge in [0, 0.05) is 0 Å². The lowest BCUT2D eigenvalue weighted by Crippen LogP contribution is -2.17. The summed E-state index contributed by atoms with van der Waals surface area (Å²) in [5.41, 5.74) is 0. The Morgan fingerprint density at radius 2 is 1.40 bits per heavy atom. The van der Waals surface area contributed by atoms with E-state index < -0.39 is 27.1 Å². The zero-order valence-electron chi connectivity index (χ0n) is 8.50. The number of rotatable bonds is 8. The summed E-state index contributed by atoms with van der Waals surface area (Å²) in [6.45, 7) is 2.09. The second-order valence-electron chi connectivity index (χ2n) is 2.31. The summed E-state index contributed by atoms with van der Waals surface area (Å²) >= 11 is 0. The lowest BCUT2D eigenvalue weighted by molar-refractivity contribution is 0.184. The van der Waals surface area contributed by atoms with Crippen LogP contribution in [0.4, 0.5) is 0 Å². The second kappa shape index (κ2) is 6.38. The van der Waals surface area contributed by atoms with Crippen LogP contribution in [-0.2, 0) is 33.1 Å². The van der Waals surface area contributed by atoms with Crippen LogP contribution in [0.3, 0.4) is 0 Å². The molecule has 15 heavy (non-hydrogen) atoms. The molecule has 9 heteroatoms.